The summed E-state index contributed by atoms with van der Waals surface area (Å²) in [5.74, 6) is -0.769. The highest BCUT2D eigenvalue weighted by molar-refractivity contribution is 7.80. The highest BCUT2D eigenvalue weighted by Gasteiger charge is 2.19. The van der Waals surface area contributed by atoms with Gasteiger partial charge in [-0.2, -0.15) is 0 Å². The number of nitro groups is 2. The van der Waals surface area contributed by atoms with E-state index < -0.39 is 9.85 Å². The first-order valence-corrected chi connectivity index (χ1v) is 10.3. The maximum atomic E-state index is 12.4. The third kappa shape index (κ3) is 7.19. The molecule has 0 heterocycles. The van der Waals surface area contributed by atoms with Crippen LogP contribution in [0.4, 0.5) is 11.4 Å². The van der Waals surface area contributed by atoms with Crippen LogP contribution in [-0.2, 0) is 9.59 Å². The Labute approximate surface area is 200 Å². The van der Waals surface area contributed by atoms with Crippen LogP contribution >= 0.6 is 24.4 Å². The molecule has 12 heteroatoms. The minimum atomic E-state index is -0.537. The fraction of sp³-hybridized carbons (Fsp3) is 0.238. The van der Waals surface area contributed by atoms with Crippen LogP contribution in [0.1, 0.15) is 17.5 Å². The lowest BCUT2D eigenvalue weighted by atomic mass is 10.1. The summed E-state index contributed by atoms with van der Waals surface area (Å²) in [6.07, 6.45) is -0.357. The zero-order valence-electron chi connectivity index (χ0n) is 17.8. The van der Waals surface area contributed by atoms with Gasteiger partial charge in [0.05, 0.1) is 29.4 Å². The number of non-ortho nitro benzene ring substituents is 2. The quantitative estimate of drug-likeness (QED) is 0.213. The van der Waals surface area contributed by atoms with Crippen LogP contribution in [0.25, 0.3) is 0 Å². The standard InChI is InChI=1S/C21H20N4O6S2/c1-22(20(32)14-5-3-7-16(9-14)24(28)29)12-18(26)11-19(27)13-23(2)21(33)15-6-4-8-17(10-15)25(30)31/h3-10H,11-13H2,1-2H3. The van der Waals surface area contributed by atoms with Crippen LogP contribution in [0.3, 0.4) is 0 Å². The van der Waals surface area contributed by atoms with Crippen LogP contribution in [-0.4, -0.2) is 68.4 Å². The summed E-state index contributed by atoms with van der Waals surface area (Å²) in [5.41, 5.74) is 0.603. The molecule has 0 fully saturated rings. The third-order valence-electron chi connectivity index (χ3n) is 4.52. The highest BCUT2D eigenvalue weighted by atomic mass is 32.1. The Morgan fingerprint density at radius 1 is 0.788 bits per heavy atom. The predicted molar refractivity (Wildman–Crippen MR) is 129 cm³/mol. The zero-order valence-corrected chi connectivity index (χ0v) is 19.4. The third-order valence-corrected chi connectivity index (χ3v) is 5.62. The number of carbonyl (C=O) groups is 2. The molecule has 172 valence electrons. The van der Waals surface area contributed by atoms with E-state index in [-0.39, 0.29) is 52.4 Å². The minimum absolute atomic E-state index is 0.118. The van der Waals surface area contributed by atoms with Gasteiger partial charge in [0, 0.05) is 49.5 Å². The number of Topliss-reactive ketones (excluding diaryl/α,β-unsaturated/α-hetero) is 2. The molecule has 0 unspecified atom stereocenters. The Morgan fingerprint density at radius 2 is 1.15 bits per heavy atom. The number of benzene rings is 2. The second kappa shape index (κ2) is 11.3. The monoisotopic (exact) mass is 488 g/mol. The van der Waals surface area contributed by atoms with Crippen molar-refractivity contribution in [2.45, 2.75) is 6.42 Å². The first kappa shape index (κ1) is 25.6. The Bertz CT molecular complexity index is 1050. The van der Waals surface area contributed by atoms with Gasteiger partial charge in [-0.25, -0.2) is 0 Å². The minimum Gasteiger partial charge on any atom is -0.358 e. The Hall–Kier alpha value is -3.64. The first-order chi connectivity index (χ1) is 15.5. The van der Waals surface area contributed by atoms with Crippen LogP contribution in [0.5, 0.6) is 0 Å². The molecular formula is C21H20N4O6S2. The number of rotatable bonds is 10. The number of likely N-dealkylation sites (N-methyl/N-ethyl adjacent to an activating group) is 2. The molecule has 0 aromatic heterocycles. The maximum absolute atomic E-state index is 12.4. The van der Waals surface area contributed by atoms with Gasteiger partial charge in [-0.05, 0) is 0 Å². The van der Waals surface area contributed by atoms with Crippen LogP contribution in [0, 0.1) is 20.2 Å². The van der Waals surface area contributed by atoms with Gasteiger partial charge in [-0.3, -0.25) is 29.8 Å². The highest BCUT2D eigenvalue weighted by Crippen LogP contribution is 2.16. The lowest BCUT2D eigenvalue weighted by molar-refractivity contribution is -0.385. The zero-order chi connectivity index (χ0) is 24.7. The van der Waals surface area contributed by atoms with E-state index in [0.717, 1.165) is 0 Å². The van der Waals surface area contributed by atoms with Crippen LogP contribution < -0.4 is 0 Å². The van der Waals surface area contributed by atoms with Crippen molar-refractivity contribution in [3.63, 3.8) is 0 Å². The van der Waals surface area contributed by atoms with E-state index in [0.29, 0.717) is 11.1 Å². The summed E-state index contributed by atoms with van der Waals surface area (Å²) in [6.45, 7) is -0.293. The van der Waals surface area contributed by atoms with Gasteiger partial charge in [-0.1, -0.05) is 48.7 Å². The number of hydrogen-bond acceptors (Lipinski definition) is 8. The number of hydrogen-bond donors (Lipinski definition) is 0. The molecule has 2 rings (SSSR count). The van der Waals surface area contributed by atoms with Crippen LogP contribution in [0.15, 0.2) is 48.5 Å². The predicted octanol–water partition coefficient (Wildman–Crippen LogP) is 2.95. The van der Waals surface area contributed by atoms with E-state index in [2.05, 4.69) is 0 Å². The molecule has 0 spiro atoms. The topological polar surface area (TPSA) is 127 Å². The fourth-order valence-corrected chi connectivity index (χ4v) is 3.33. The maximum Gasteiger partial charge on any atom is 0.270 e. The molecule has 0 aliphatic rings. The Balaban J connectivity index is 1.92. The molecule has 0 aliphatic heterocycles. The van der Waals surface area contributed by atoms with Crippen LogP contribution in [0.2, 0.25) is 0 Å². The Kier molecular flexibility index (Phi) is 8.77. The van der Waals surface area contributed by atoms with Gasteiger partial charge in [-0.15, -0.1) is 0 Å². The van der Waals surface area contributed by atoms with E-state index in [1.54, 1.807) is 26.2 Å². The SMILES string of the molecule is CN(CC(=O)CC(=O)CN(C)C(=S)c1cccc([N+](=O)[O-])c1)C(=S)c1cccc([N+](=O)[O-])c1. The van der Waals surface area contributed by atoms with E-state index >= 15 is 0 Å². The normalized spacial score (nSPS) is 10.2. The molecule has 2 aromatic rings. The van der Waals surface area contributed by atoms with E-state index in [1.807, 2.05) is 0 Å². The summed E-state index contributed by atoms with van der Waals surface area (Å²) in [6, 6.07) is 11.5. The largest absolute Gasteiger partial charge is 0.358 e. The van der Waals surface area contributed by atoms with Crippen molar-refractivity contribution in [2.75, 3.05) is 27.2 Å². The second-order valence-electron chi connectivity index (χ2n) is 7.19. The molecule has 0 atom stereocenters. The second-order valence-corrected chi connectivity index (χ2v) is 7.96. The molecule has 0 aliphatic carbocycles. The smallest absolute Gasteiger partial charge is 0.270 e. The lowest BCUT2D eigenvalue weighted by Crippen LogP contribution is -2.35. The van der Waals surface area contributed by atoms with Gasteiger partial charge in [0.2, 0.25) is 0 Å². The molecule has 0 bridgehead atoms. The van der Waals surface area contributed by atoms with Gasteiger partial charge < -0.3 is 9.80 Å². The van der Waals surface area contributed by atoms with E-state index in [4.69, 9.17) is 24.4 Å². The van der Waals surface area contributed by atoms with E-state index in [9.17, 15) is 29.8 Å². The summed E-state index contributed by atoms with van der Waals surface area (Å²) in [4.78, 5) is 48.9. The molecule has 2 aromatic carbocycles. The van der Waals surface area contributed by atoms with Crippen molar-refractivity contribution in [2.24, 2.45) is 0 Å². The molecular weight excluding hydrogens is 468 g/mol. The average Bonchev–Trinajstić information content (AvgIpc) is 2.77. The van der Waals surface area contributed by atoms with Crippen molar-refractivity contribution >= 4 is 57.4 Å². The number of nitrogens with zero attached hydrogens (tertiary/aromatic N) is 4. The number of ketones is 2. The number of thiocarbonyl (C=S) groups is 2. The molecule has 0 amide bonds. The van der Waals surface area contributed by atoms with Gasteiger partial charge in [0.25, 0.3) is 11.4 Å². The van der Waals surface area contributed by atoms with E-state index in [1.165, 1.54) is 46.2 Å². The first-order valence-electron chi connectivity index (χ1n) is 9.53. The van der Waals surface area contributed by atoms with Crippen molar-refractivity contribution in [3.8, 4) is 0 Å². The Morgan fingerprint density at radius 3 is 1.48 bits per heavy atom. The summed E-state index contributed by atoms with van der Waals surface area (Å²) in [7, 11) is 3.13. The molecule has 0 saturated carbocycles. The summed E-state index contributed by atoms with van der Waals surface area (Å²) in [5, 5.41) is 21.9. The molecule has 10 nitrogen and oxygen atoms in total. The fourth-order valence-electron chi connectivity index (χ4n) is 2.95. The van der Waals surface area contributed by atoms with Gasteiger partial charge in [0.1, 0.15) is 9.98 Å². The molecule has 0 N–H and O–H groups in total. The van der Waals surface area contributed by atoms with Gasteiger partial charge >= 0.3 is 0 Å². The van der Waals surface area contributed by atoms with Crippen molar-refractivity contribution in [1.29, 1.82) is 0 Å². The van der Waals surface area contributed by atoms with Crippen molar-refractivity contribution in [1.82, 2.24) is 9.80 Å². The average molecular weight is 489 g/mol. The van der Waals surface area contributed by atoms with Crippen molar-refractivity contribution in [3.05, 3.63) is 79.9 Å². The molecule has 0 radical (unpaired) electrons. The van der Waals surface area contributed by atoms with Gasteiger partial charge in [0.15, 0.2) is 11.6 Å². The number of carbonyl (C=O) groups excluding carboxylic acids is 2. The summed E-state index contributed by atoms with van der Waals surface area (Å²) >= 11 is 10.6. The summed E-state index contributed by atoms with van der Waals surface area (Å²) < 4.78 is 0. The lowest BCUT2D eigenvalue weighted by Gasteiger charge is -2.21. The van der Waals surface area contributed by atoms with Crippen molar-refractivity contribution < 1.29 is 19.4 Å². The molecule has 33 heavy (non-hydrogen) atoms. The molecule has 0 saturated heterocycles. The number of nitro benzene ring substituents is 2.